The number of fused-ring (bicyclic) bond motifs is 1. The first-order valence-electron chi connectivity index (χ1n) is 12.5. The van der Waals surface area contributed by atoms with Gasteiger partial charge in [0.25, 0.3) is 0 Å². The molecule has 1 aromatic heterocycles. The molecular weight excluding hydrogens is 519 g/mol. The van der Waals surface area contributed by atoms with Gasteiger partial charge in [-0.05, 0) is 37.4 Å². The highest BCUT2D eigenvalue weighted by Gasteiger charge is 2.25. The molecule has 0 radical (unpaired) electrons. The average Bonchev–Trinajstić information content (AvgIpc) is 3.32. The van der Waals surface area contributed by atoms with Crippen LogP contribution in [0, 0.1) is 17.1 Å². The van der Waals surface area contributed by atoms with E-state index in [1.807, 2.05) is 4.90 Å². The van der Waals surface area contributed by atoms with E-state index in [2.05, 4.69) is 38.6 Å². The van der Waals surface area contributed by atoms with Crippen molar-refractivity contribution in [3.8, 4) is 6.07 Å². The number of sulfonamides is 1. The smallest absolute Gasteiger partial charge is 0.232 e. The fourth-order valence-corrected chi connectivity index (χ4v) is 5.18. The second-order valence-electron chi connectivity index (χ2n) is 9.61. The molecule has 0 amide bonds. The van der Waals surface area contributed by atoms with E-state index >= 15 is 4.39 Å². The molecule has 10 nitrogen and oxygen atoms in total. The first-order valence-corrected chi connectivity index (χ1v) is 14.3. The molecule has 5 rings (SSSR count). The fraction of sp³-hybridized carbons (Fsp3) is 0.296. The zero-order valence-electron chi connectivity index (χ0n) is 21.9. The number of hydrogen-bond acceptors (Lipinski definition) is 9. The maximum absolute atomic E-state index is 15.1. The third-order valence-corrected chi connectivity index (χ3v) is 8.11. The van der Waals surface area contributed by atoms with E-state index in [1.54, 1.807) is 42.5 Å². The van der Waals surface area contributed by atoms with E-state index in [0.29, 0.717) is 51.8 Å². The lowest BCUT2D eigenvalue weighted by atomic mass is 10.1. The average molecular weight is 549 g/mol. The maximum Gasteiger partial charge on any atom is 0.232 e. The van der Waals surface area contributed by atoms with Gasteiger partial charge in [0.1, 0.15) is 11.6 Å². The quantitative estimate of drug-likeness (QED) is 0.456. The van der Waals surface area contributed by atoms with Crippen molar-refractivity contribution in [1.82, 2.24) is 14.9 Å². The summed E-state index contributed by atoms with van der Waals surface area (Å²) < 4.78 is 40.7. The zero-order valence-corrected chi connectivity index (χ0v) is 22.8. The molecule has 0 bridgehead atoms. The summed E-state index contributed by atoms with van der Waals surface area (Å²) in [6.07, 6.45) is 3.33. The molecule has 2 heterocycles. The number of allylic oxidation sites excluding steroid dienone is 2. The van der Waals surface area contributed by atoms with Gasteiger partial charge in [0.15, 0.2) is 0 Å². The molecule has 1 saturated heterocycles. The standard InChI is InChI=1S/C27H29FN8O2S/c1-34-12-14-36(15-13-34)23-11-9-19(16-20(23)28)30-27-32-22-10-8-18(17-29)25(22)26(33-27)31-21-6-4-5-7-24(21)35(2)39(3,37)38/h4-9,11,16H,10,12-15H2,1-3H3,(H2,30,31,32,33). The first kappa shape index (κ1) is 26.4. The van der Waals surface area contributed by atoms with Crippen LogP contribution in [0.2, 0.25) is 0 Å². The molecule has 12 heteroatoms. The molecule has 1 fully saturated rings. The summed E-state index contributed by atoms with van der Waals surface area (Å²) >= 11 is 0. The summed E-state index contributed by atoms with van der Waals surface area (Å²) in [6, 6.07) is 14.1. The predicted octanol–water partition coefficient (Wildman–Crippen LogP) is 3.71. The Morgan fingerprint density at radius 2 is 1.82 bits per heavy atom. The van der Waals surface area contributed by atoms with Gasteiger partial charge in [0.05, 0.1) is 46.2 Å². The molecule has 1 aliphatic heterocycles. The van der Waals surface area contributed by atoms with Gasteiger partial charge in [0.2, 0.25) is 16.0 Å². The number of aromatic nitrogens is 2. The molecule has 3 aromatic rings. The van der Waals surface area contributed by atoms with Gasteiger partial charge in [0, 0.05) is 45.3 Å². The number of para-hydroxylation sites is 2. The second-order valence-corrected chi connectivity index (χ2v) is 11.6. The molecule has 2 aliphatic rings. The number of benzene rings is 2. The van der Waals surface area contributed by atoms with Crippen LogP contribution in [0.5, 0.6) is 0 Å². The van der Waals surface area contributed by atoms with E-state index < -0.39 is 10.0 Å². The number of piperazine rings is 1. The lowest BCUT2D eigenvalue weighted by Gasteiger charge is -2.34. The predicted molar refractivity (Wildman–Crippen MR) is 152 cm³/mol. The summed E-state index contributed by atoms with van der Waals surface area (Å²) in [7, 11) is -0.00180. The monoisotopic (exact) mass is 548 g/mol. The van der Waals surface area contributed by atoms with Gasteiger partial charge in [-0.3, -0.25) is 4.31 Å². The number of nitriles is 1. The summed E-state index contributed by atoms with van der Waals surface area (Å²) in [6.45, 7) is 3.26. The third kappa shape index (κ3) is 5.50. The summed E-state index contributed by atoms with van der Waals surface area (Å²) in [5.74, 6) is 0.233. The van der Waals surface area contributed by atoms with Gasteiger partial charge in [-0.2, -0.15) is 10.2 Å². The highest BCUT2D eigenvalue weighted by atomic mass is 32.2. The lowest BCUT2D eigenvalue weighted by molar-refractivity contribution is 0.311. The number of nitrogens with one attached hydrogen (secondary N) is 2. The van der Waals surface area contributed by atoms with E-state index in [4.69, 9.17) is 0 Å². The van der Waals surface area contributed by atoms with Gasteiger partial charge in [-0.25, -0.2) is 17.8 Å². The minimum absolute atomic E-state index is 0.226. The third-order valence-electron chi connectivity index (χ3n) is 6.91. The van der Waals surface area contributed by atoms with Gasteiger partial charge >= 0.3 is 0 Å². The van der Waals surface area contributed by atoms with E-state index in [-0.39, 0.29) is 11.8 Å². The largest absolute Gasteiger partial charge is 0.367 e. The SMILES string of the molecule is CN1CCN(c2ccc(Nc3nc4c(c(Nc5ccccc5N(C)S(C)(=O)=O)n3)C(C#N)=CC4)cc2F)CC1. The van der Waals surface area contributed by atoms with Crippen molar-refractivity contribution in [1.29, 1.82) is 5.26 Å². The highest BCUT2D eigenvalue weighted by Crippen LogP contribution is 2.37. The van der Waals surface area contributed by atoms with Crippen molar-refractivity contribution in [2.24, 2.45) is 0 Å². The maximum atomic E-state index is 15.1. The molecular formula is C27H29FN8O2S. The first-order chi connectivity index (χ1) is 18.6. The van der Waals surface area contributed by atoms with Crippen LogP contribution in [-0.2, 0) is 16.4 Å². The summed E-state index contributed by atoms with van der Waals surface area (Å²) in [4.78, 5) is 13.4. The van der Waals surface area contributed by atoms with Crippen LogP contribution < -0.4 is 19.8 Å². The number of hydrogen-bond donors (Lipinski definition) is 2. The molecule has 0 saturated carbocycles. The Kier molecular flexibility index (Phi) is 7.12. The van der Waals surface area contributed by atoms with Crippen LogP contribution in [-0.4, -0.2) is 69.8 Å². The molecule has 0 atom stereocenters. The van der Waals surface area contributed by atoms with E-state index in [9.17, 15) is 13.7 Å². The Balaban J connectivity index is 1.46. The molecule has 1 aliphatic carbocycles. The number of rotatable bonds is 7. The number of nitrogens with zero attached hydrogens (tertiary/aromatic N) is 6. The van der Waals surface area contributed by atoms with Crippen LogP contribution in [0.1, 0.15) is 11.3 Å². The van der Waals surface area contributed by atoms with Gasteiger partial charge < -0.3 is 20.4 Å². The lowest BCUT2D eigenvalue weighted by Crippen LogP contribution is -2.44. The molecule has 0 unspecified atom stereocenters. The summed E-state index contributed by atoms with van der Waals surface area (Å²) in [5, 5.41) is 16.0. The Hall–Kier alpha value is -4.21. The van der Waals surface area contributed by atoms with Crippen LogP contribution >= 0.6 is 0 Å². The van der Waals surface area contributed by atoms with Gasteiger partial charge in [-0.1, -0.05) is 18.2 Å². The van der Waals surface area contributed by atoms with E-state index in [1.165, 1.54) is 17.4 Å². The topological polar surface area (TPSA) is 117 Å². The van der Waals surface area contributed by atoms with Gasteiger partial charge in [-0.15, -0.1) is 0 Å². The molecule has 0 spiro atoms. The van der Waals surface area contributed by atoms with Crippen molar-refractivity contribution in [3.05, 3.63) is 65.6 Å². The number of likely N-dealkylation sites (N-methyl/N-ethyl adjacent to an activating group) is 1. The Labute approximate surface area is 227 Å². The molecule has 202 valence electrons. The fourth-order valence-electron chi connectivity index (χ4n) is 4.66. The molecule has 39 heavy (non-hydrogen) atoms. The Bertz CT molecular complexity index is 1590. The Morgan fingerprint density at radius 1 is 1.08 bits per heavy atom. The zero-order chi connectivity index (χ0) is 27.7. The molecule has 2 N–H and O–H groups in total. The van der Waals surface area contributed by atoms with Crippen LogP contribution in [0.25, 0.3) is 5.57 Å². The minimum atomic E-state index is -3.52. The minimum Gasteiger partial charge on any atom is -0.367 e. The highest BCUT2D eigenvalue weighted by molar-refractivity contribution is 7.92. The van der Waals surface area contributed by atoms with Crippen LogP contribution in [0.4, 0.5) is 38.9 Å². The molecule has 2 aromatic carbocycles. The van der Waals surface area contributed by atoms with E-state index in [0.717, 1.165) is 32.4 Å². The number of halogens is 1. The normalized spacial score (nSPS) is 15.4. The second kappa shape index (κ2) is 10.5. The van der Waals surface area contributed by atoms with Crippen LogP contribution in [0.15, 0.2) is 48.5 Å². The summed E-state index contributed by atoms with van der Waals surface area (Å²) in [5.41, 5.74) is 3.57. The van der Waals surface area contributed by atoms with Crippen molar-refractivity contribution in [2.45, 2.75) is 6.42 Å². The van der Waals surface area contributed by atoms with Crippen molar-refractivity contribution >= 4 is 50.1 Å². The van der Waals surface area contributed by atoms with Crippen molar-refractivity contribution in [2.75, 3.05) is 66.4 Å². The van der Waals surface area contributed by atoms with Crippen LogP contribution in [0.3, 0.4) is 0 Å². The Morgan fingerprint density at radius 3 is 2.51 bits per heavy atom. The van der Waals surface area contributed by atoms with Crippen molar-refractivity contribution in [3.63, 3.8) is 0 Å². The number of anilines is 6. The van der Waals surface area contributed by atoms with Crippen molar-refractivity contribution < 1.29 is 12.8 Å².